The summed E-state index contributed by atoms with van der Waals surface area (Å²) < 4.78 is 0. The van der Waals surface area contributed by atoms with Gasteiger partial charge in [0.05, 0.1) is 5.75 Å². The maximum absolute atomic E-state index is 12.6. The molecule has 0 aliphatic carbocycles. The molecule has 4 aromatic rings. The summed E-state index contributed by atoms with van der Waals surface area (Å²) in [5, 5.41) is 7.95. The Morgan fingerprint density at radius 3 is 2.13 bits per heavy atom. The van der Waals surface area contributed by atoms with Gasteiger partial charge in [0.1, 0.15) is 0 Å². The first-order valence-electron chi connectivity index (χ1n) is 9.96. The van der Waals surface area contributed by atoms with Crippen molar-refractivity contribution >= 4 is 45.7 Å². The molecule has 0 heterocycles. The van der Waals surface area contributed by atoms with E-state index in [0.717, 1.165) is 26.9 Å². The minimum atomic E-state index is -0.149. The summed E-state index contributed by atoms with van der Waals surface area (Å²) in [6, 6.07) is 28.8. The minimum absolute atomic E-state index is 0.0532. The maximum Gasteiger partial charge on any atom is 0.255 e. The van der Waals surface area contributed by atoms with Crippen LogP contribution in [0.15, 0.2) is 95.9 Å². The largest absolute Gasteiger partial charge is 0.325 e. The van der Waals surface area contributed by atoms with Crippen molar-refractivity contribution in [3.63, 3.8) is 0 Å². The Hall–Kier alpha value is -3.57. The van der Waals surface area contributed by atoms with Crippen molar-refractivity contribution in [2.24, 2.45) is 0 Å². The Labute approximate surface area is 185 Å². The summed E-state index contributed by atoms with van der Waals surface area (Å²) in [4.78, 5) is 25.7. The van der Waals surface area contributed by atoms with Crippen LogP contribution in [0.3, 0.4) is 0 Å². The molecule has 0 bridgehead atoms. The summed E-state index contributed by atoms with van der Waals surface area (Å²) in [5.74, 6) is 0.114. The van der Waals surface area contributed by atoms with Crippen LogP contribution >= 0.6 is 11.8 Å². The molecule has 2 amide bonds. The van der Waals surface area contributed by atoms with Crippen molar-refractivity contribution in [1.82, 2.24) is 0 Å². The number of aryl methyl sites for hydroxylation is 1. The van der Waals surface area contributed by atoms with E-state index in [4.69, 9.17) is 0 Å². The summed E-state index contributed by atoms with van der Waals surface area (Å²) >= 11 is 1.45. The molecule has 0 aliphatic heterocycles. The molecule has 4 nitrogen and oxygen atoms in total. The van der Waals surface area contributed by atoms with Gasteiger partial charge >= 0.3 is 0 Å². The van der Waals surface area contributed by atoms with Crippen LogP contribution in [0, 0.1) is 6.92 Å². The normalized spacial score (nSPS) is 10.6. The number of carbonyl (C=O) groups is 2. The number of nitrogens with one attached hydrogen (secondary N) is 2. The predicted molar refractivity (Wildman–Crippen MR) is 129 cm³/mol. The van der Waals surface area contributed by atoms with Gasteiger partial charge in [0.15, 0.2) is 0 Å². The maximum atomic E-state index is 12.6. The van der Waals surface area contributed by atoms with Gasteiger partial charge in [-0.3, -0.25) is 9.59 Å². The molecule has 154 valence electrons. The molecule has 0 aliphatic rings. The number of hydrogen-bond acceptors (Lipinski definition) is 3. The van der Waals surface area contributed by atoms with Crippen LogP contribution in [-0.4, -0.2) is 17.6 Å². The van der Waals surface area contributed by atoms with Gasteiger partial charge in [-0.15, -0.1) is 11.8 Å². The SMILES string of the molecule is Cc1ccc(NC(=O)CSc2ccc(NC(=O)c3ccc4ccccc4c3)cc2)cc1. The number of rotatable bonds is 6. The number of anilines is 2. The van der Waals surface area contributed by atoms with Crippen LogP contribution in [0.4, 0.5) is 11.4 Å². The molecule has 31 heavy (non-hydrogen) atoms. The van der Waals surface area contributed by atoms with Gasteiger partial charge < -0.3 is 10.6 Å². The highest BCUT2D eigenvalue weighted by atomic mass is 32.2. The van der Waals surface area contributed by atoms with Crippen LogP contribution in [0.5, 0.6) is 0 Å². The highest BCUT2D eigenvalue weighted by Gasteiger charge is 2.08. The third-order valence-corrected chi connectivity index (χ3v) is 5.84. The topological polar surface area (TPSA) is 58.2 Å². The van der Waals surface area contributed by atoms with E-state index < -0.39 is 0 Å². The highest BCUT2D eigenvalue weighted by Crippen LogP contribution is 2.22. The second-order valence-electron chi connectivity index (χ2n) is 7.24. The Balaban J connectivity index is 1.31. The molecule has 0 radical (unpaired) electrons. The third kappa shape index (κ3) is 5.53. The van der Waals surface area contributed by atoms with Crippen molar-refractivity contribution in [3.05, 3.63) is 102 Å². The number of hydrogen-bond donors (Lipinski definition) is 2. The molecule has 0 unspecified atom stereocenters. The fourth-order valence-electron chi connectivity index (χ4n) is 3.15. The van der Waals surface area contributed by atoms with Crippen molar-refractivity contribution in [1.29, 1.82) is 0 Å². The van der Waals surface area contributed by atoms with Gasteiger partial charge in [0, 0.05) is 21.8 Å². The second-order valence-corrected chi connectivity index (χ2v) is 8.29. The molecule has 0 atom stereocenters. The zero-order valence-electron chi connectivity index (χ0n) is 17.1. The number of fused-ring (bicyclic) bond motifs is 1. The Bertz CT molecular complexity index is 1220. The zero-order chi connectivity index (χ0) is 21.6. The highest BCUT2D eigenvalue weighted by molar-refractivity contribution is 8.00. The Kier molecular flexibility index (Phi) is 6.34. The fraction of sp³-hybridized carbons (Fsp3) is 0.0769. The first-order valence-corrected chi connectivity index (χ1v) is 10.9. The van der Waals surface area contributed by atoms with E-state index in [1.807, 2.05) is 97.9 Å². The molecule has 2 N–H and O–H groups in total. The lowest BCUT2D eigenvalue weighted by Gasteiger charge is -2.08. The van der Waals surface area contributed by atoms with E-state index in [1.54, 1.807) is 0 Å². The average Bonchev–Trinajstić information content (AvgIpc) is 2.80. The molecular formula is C26H22N2O2S. The molecule has 4 rings (SSSR count). The van der Waals surface area contributed by atoms with Gasteiger partial charge in [0.25, 0.3) is 5.91 Å². The smallest absolute Gasteiger partial charge is 0.255 e. The quantitative estimate of drug-likeness (QED) is 0.365. The lowest BCUT2D eigenvalue weighted by molar-refractivity contribution is -0.113. The molecular weight excluding hydrogens is 404 g/mol. The van der Waals surface area contributed by atoms with Crippen molar-refractivity contribution < 1.29 is 9.59 Å². The zero-order valence-corrected chi connectivity index (χ0v) is 17.9. The lowest BCUT2D eigenvalue weighted by atomic mass is 10.1. The van der Waals surface area contributed by atoms with E-state index in [0.29, 0.717) is 17.0 Å². The van der Waals surface area contributed by atoms with E-state index in [2.05, 4.69) is 10.6 Å². The fourth-order valence-corrected chi connectivity index (χ4v) is 3.85. The van der Waals surface area contributed by atoms with Crippen LogP contribution in [0.25, 0.3) is 10.8 Å². The molecule has 0 saturated carbocycles. The summed E-state index contributed by atoms with van der Waals surface area (Å²) in [5.41, 5.74) is 3.28. The monoisotopic (exact) mass is 426 g/mol. The Morgan fingerprint density at radius 2 is 1.39 bits per heavy atom. The van der Waals surface area contributed by atoms with Gasteiger partial charge in [-0.05, 0) is 66.2 Å². The average molecular weight is 427 g/mol. The molecule has 0 fully saturated rings. The number of carbonyl (C=O) groups excluding carboxylic acids is 2. The van der Waals surface area contributed by atoms with Crippen LogP contribution in [0.2, 0.25) is 0 Å². The third-order valence-electron chi connectivity index (χ3n) is 4.83. The number of benzene rings is 4. The number of thioether (sulfide) groups is 1. The summed E-state index contributed by atoms with van der Waals surface area (Å²) in [6.45, 7) is 2.01. The van der Waals surface area contributed by atoms with Crippen molar-refractivity contribution in [2.75, 3.05) is 16.4 Å². The standard InChI is InChI=1S/C26H22N2O2S/c1-18-6-10-22(11-7-18)27-25(29)17-31-24-14-12-23(13-15-24)28-26(30)21-9-8-19-4-2-3-5-20(19)16-21/h2-16H,17H2,1H3,(H,27,29)(H,28,30). The van der Waals surface area contributed by atoms with Gasteiger partial charge in [-0.1, -0.05) is 48.0 Å². The lowest BCUT2D eigenvalue weighted by Crippen LogP contribution is -2.14. The molecule has 5 heteroatoms. The van der Waals surface area contributed by atoms with Crippen LogP contribution < -0.4 is 10.6 Å². The van der Waals surface area contributed by atoms with Crippen molar-refractivity contribution in [2.45, 2.75) is 11.8 Å². The molecule has 0 aromatic heterocycles. The summed E-state index contributed by atoms with van der Waals surface area (Å²) in [6.07, 6.45) is 0. The van der Waals surface area contributed by atoms with E-state index in [-0.39, 0.29) is 11.8 Å². The van der Waals surface area contributed by atoms with Crippen LogP contribution in [0.1, 0.15) is 15.9 Å². The molecule has 0 spiro atoms. The van der Waals surface area contributed by atoms with Gasteiger partial charge in [0.2, 0.25) is 5.91 Å². The molecule has 4 aromatic carbocycles. The van der Waals surface area contributed by atoms with Crippen molar-refractivity contribution in [3.8, 4) is 0 Å². The predicted octanol–water partition coefficient (Wildman–Crippen LogP) is 6.13. The number of amides is 2. The van der Waals surface area contributed by atoms with Gasteiger partial charge in [-0.25, -0.2) is 0 Å². The van der Waals surface area contributed by atoms with E-state index in [9.17, 15) is 9.59 Å². The second kappa shape index (κ2) is 9.49. The van der Waals surface area contributed by atoms with Gasteiger partial charge in [-0.2, -0.15) is 0 Å². The Morgan fingerprint density at radius 1 is 0.742 bits per heavy atom. The first-order chi connectivity index (χ1) is 15.1. The first kappa shape index (κ1) is 20.7. The molecule has 0 saturated heterocycles. The van der Waals surface area contributed by atoms with Crippen LogP contribution in [-0.2, 0) is 4.79 Å². The minimum Gasteiger partial charge on any atom is -0.325 e. The van der Waals surface area contributed by atoms with E-state index >= 15 is 0 Å². The van der Waals surface area contributed by atoms with E-state index in [1.165, 1.54) is 11.8 Å². The summed E-state index contributed by atoms with van der Waals surface area (Å²) in [7, 11) is 0.